The molecule has 1 amide bonds. The fraction of sp³-hybridized carbons (Fsp3) is 0.320. The quantitative estimate of drug-likeness (QED) is 0.441. The first kappa shape index (κ1) is 22.5. The molecule has 2 aromatic heterocycles. The standard InChI is InChI=1S/C25H27N5O3S/c1-18-21(19(2)30-25(26-18)22-10-6-7-11-23(22)27-30)12-13-24(31)28-14-16-29(17-15-28)34(32,33)20-8-4-3-5-9-20/h3-11H,12-17H2,1-2H3. The molecule has 0 saturated carbocycles. The summed E-state index contributed by atoms with van der Waals surface area (Å²) < 4.78 is 29.0. The lowest BCUT2D eigenvalue weighted by molar-refractivity contribution is -0.132. The van der Waals surface area contributed by atoms with Crippen LogP contribution >= 0.6 is 0 Å². The van der Waals surface area contributed by atoms with E-state index in [0.29, 0.717) is 39.0 Å². The molecule has 176 valence electrons. The fourth-order valence-electron chi connectivity index (χ4n) is 4.65. The van der Waals surface area contributed by atoms with Gasteiger partial charge in [0.05, 0.1) is 10.4 Å². The maximum Gasteiger partial charge on any atom is 0.243 e. The van der Waals surface area contributed by atoms with Crippen LogP contribution in [0.4, 0.5) is 0 Å². The number of fused-ring (bicyclic) bond motifs is 3. The van der Waals surface area contributed by atoms with Gasteiger partial charge in [0.15, 0.2) is 5.65 Å². The van der Waals surface area contributed by atoms with Crippen molar-refractivity contribution >= 4 is 32.5 Å². The highest BCUT2D eigenvalue weighted by atomic mass is 32.2. The highest BCUT2D eigenvalue weighted by Gasteiger charge is 2.30. The molecule has 2 aromatic carbocycles. The van der Waals surface area contributed by atoms with Crippen molar-refractivity contribution < 1.29 is 13.2 Å². The largest absolute Gasteiger partial charge is 0.340 e. The molecule has 0 spiro atoms. The van der Waals surface area contributed by atoms with E-state index < -0.39 is 10.0 Å². The van der Waals surface area contributed by atoms with E-state index in [4.69, 9.17) is 4.98 Å². The van der Waals surface area contributed by atoms with Crippen LogP contribution in [0.2, 0.25) is 0 Å². The van der Waals surface area contributed by atoms with Crippen molar-refractivity contribution in [1.29, 1.82) is 0 Å². The zero-order valence-electron chi connectivity index (χ0n) is 19.3. The molecule has 0 N–H and O–H groups in total. The molecule has 1 saturated heterocycles. The van der Waals surface area contributed by atoms with E-state index in [2.05, 4.69) is 5.10 Å². The molecule has 34 heavy (non-hydrogen) atoms. The molecule has 3 heterocycles. The molecule has 4 aromatic rings. The Kier molecular flexibility index (Phi) is 5.83. The molecule has 9 heteroatoms. The smallest absolute Gasteiger partial charge is 0.243 e. The van der Waals surface area contributed by atoms with Crippen LogP contribution < -0.4 is 0 Å². The first-order chi connectivity index (χ1) is 16.4. The monoisotopic (exact) mass is 477 g/mol. The number of amides is 1. The molecule has 0 bridgehead atoms. The summed E-state index contributed by atoms with van der Waals surface area (Å²) in [5.74, 6) is 0.0290. The van der Waals surface area contributed by atoms with Crippen molar-refractivity contribution in [2.45, 2.75) is 31.6 Å². The molecule has 8 nitrogen and oxygen atoms in total. The number of nitrogens with zero attached hydrogens (tertiary/aromatic N) is 5. The molecule has 0 atom stereocenters. The van der Waals surface area contributed by atoms with Crippen molar-refractivity contribution in [3.8, 4) is 0 Å². The van der Waals surface area contributed by atoms with Crippen molar-refractivity contribution in [2.24, 2.45) is 0 Å². The molecule has 1 aliphatic rings. The van der Waals surface area contributed by atoms with Gasteiger partial charge in [-0.05, 0) is 50.1 Å². The van der Waals surface area contributed by atoms with Crippen LogP contribution in [-0.2, 0) is 21.2 Å². The number of hydrogen-bond acceptors (Lipinski definition) is 5. The van der Waals surface area contributed by atoms with Crippen molar-refractivity contribution in [2.75, 3.05) is 26.2 Å². The molecular weight excluding hydrogens is 450 g/mol. The second-order valence-corrected chi connectivity index (χ2v) is 10.5. The van der Waals surface area contributed by atoms with Crippen LogP contribution in [0.25, 0.3) is 16.6 Å². The lowest BCUT2D eigenvalue weighted by Crippen LogP contribution is -2.50. The van der Waals surface area contributed by atoms with Crippen LogP contribution in [0, 0.1) is 13.8 Å². The van der Waals surface area contributed by atoms with E-state index >= 15 is 0 Å². The molecule has 5 rings (SSSR count). The summed E-state index contributed by atoms with van der Waals surface area (Å²) in [6.45, 7) is 5.38. The average molecular weight is 478 g/mol. The Labute approximate surface area is 198 Å². The highest BCUT2D eigenvalue weighted by Crippen LogP contribution is 2.23. The summed E-state index contributed by atoms with van der Waals surface area (Å²) in [4.78, 5) is 19.8. The van der Waals surface area contributed by atoms with Crippen LogP contribution in [0.1, 0.15) is 23.4 Å². The number of carbonyl (C=O) groups excluding carboxylic acids is 1. The third kappa shape index (κ3) is 3.95. The predicted molar refractivity (Wildman–Crippen MR) is 130 cm³/mol. The molecule has 0 aliphatic carbocycles. The van der Waals surface area contributed by atoms with E-state index in [1.165, 1.54) is 4.31 Å². The first-order valence-electron chi connectivity index (χ1n) is 11.4. The van der Waals surface area contributed by atoms with Gasteiger partial charge in [0.2, 0.25) is 15.9 Å². The Morgan fingerprint density at radius 1 is 0.941 bits per heavy atom. The van der Waals surface area contributed by atoms with Crippen molar-refractivity contribution in [3.05, 3.63) is 71.5 Å². The Morgan fingerprint density at radius 3 is 2.35 bits per heavy atom. The molecule has 0 radical (unpaired) electrons. The molecule has 1 fully saturated rings. The minimum atomic E-state index is -3.53. The lowest BCUT2D eigenvalue weighted by Gasteiger charge is -2.34. The summed E-state index contributed by atoms with van der Waals surface area (Å²) >= 11 is 0. The van der Waals surface area contributed by atoms with E-state index in [1.54, 1.807) is 35.2 Å². The lowest BCUT2D eigenvalue weighted by atomic mass is 10.1. The van der Waals surface area contributed by atoms with Crippen LogP contribution in [-0.4, -0.2) is 64.3 Å². The van der Waals surface area contributed by atoms with Gasteiger partial charge in [-0.3, -0.25) is 4.79 Å². The number of aryl methyl sites for hydroxylation is 2. The molecule has 1 aliphatic heterocycles. The summed E-state index contributed by atoms with van der Waals surface area (Å²) in [7, 11) is -3.53. The van der Waals surface area contributed by atoms with Gasteiger partial charge >= 0.3 is 0 Å². The molecule has 0 unspecified atom stereocenters. The first-order valence-corrected chi connectivity index (χ1v) is 12.9. The minimum absolute atomic E-state index is 0.0290. The third-order valence-electron chi connectivity index (χ3n) is 6.58. The number of hydrogen-bond donors (Lipinski definition) is 0. The highest BCUT2D eigenvalue weighted by molar-refractivity contribution is 7.89. The van der Waals surface area contributed by atoms with Crippen LogP contribution in [0.3, 0.4) is 0 Å². The number of sulfonamides is 1. The van der Waals surface area contributed by atoms with Gasteiger partial charge in [-0.2, -0.15) is 9.40 Å². The Morgan fingerprint density at radius 2 is 1.62 bits per heavy atom. The normalized spacial score (nSPS) is 15.3. The van der Waals surface area contributed by atoms with E-state index in [1.807, 2.05) is 42.6 Å². The third-order valence-corrected chi connectivity index (χ3v) is 8.49. The number of piperazine rings is 1. The summed E-state index contributed by atoms with van der Waals surface area (Å²) in [6, 6.07) is 16.4. The average Bonchev–Trinajstić information content (AvgIpc) is 3.23. The predicted octanol–water partition coefficient (Wildman–Crippen LogP) is 2.97. The van der Waals surface area contributed by atoms with Crippen molar-refractivity contribution in [3.63, 3.8) is 0 Å². The topological polar surface area (TPSA) is 87.9 Å². The van der Waals surface area contributed by atoms with Gasteiger partial charge in [-0.1, -0.05) is 30.3 Å². The summed E-state index contributed by atoms with van der Waals surface area (Å²) in [6.07, 6.45) is 0.916. The Bertz CT molecular complexity index is 1470. The summed E-state index contributed by atoms with van der Waals surface area (Å²) in [5.41, 5.74) is 4.65. The Hall–Kier alpha value is -3.30. The van der Waals surface area contributed by atoms with Gasteiger partial charge in [0.25, 0.3) is 0 Å². The van der Waals surface area contributed by atoms with Gasteiger partial charge in [-0.25, -0.2) is 17.9 Å². The minimum Gasteiger partial charge on any atom is -0.340 e. The fourth-order valence-corrected chi connectivity index (χ4v) is 6.09. The van der Waals surface area contributed by atoms with Gasteiger partial charge in [-0.15, -0.1) is 0 Å². The maximum atomic E-state index is 12.9. The van der Waals surface area contributed by atoms with E-state index in [9.17, 15) is 13.2 Å². The second kappa shape index (κ2) is 8.81. The van der Waals surface area contributed by atoms with Crippen molar-refractivity contribution in [1.82, 2.24) is 23.8 Å². The zero-order chi connectivity index (χ0) is 23.9. The van der Waals surface area contributed by atoms with E-state index in [0.717, 1.165) is 33.5 Å². The number of benzene rings is 2. The van der Waals surface area contributed by atoms with Crippen LogP contribution in [0.5, 0.6) is 0 Å². The van der Waals surface area contributed by atoms with Gasteiger partial charge < -0.3 is 4.90 Å². The second-order valence-electron chi connectivity index (χ2n) is 8.61. The van der Waals surface area contributed by atoms with E-state index in [-0.39, 0.29) is 10.8 Å². The SMILES string of the molecule is Cc1nc2c3ccccc3nn2c(C)c1CCC(=O)N1CCN(S(=O)(=O)c2ccccc2)CC1. The summed E-state index contributed by atoms with van der Waals surface area (Å²) in [5, 5.41) is 5.70. The Balaban J connectivity index is 1.26. The number of carbonyl (C=O) groups is 1. The molecular formula is C25H27N5O3S. The zero-order valence-corrected chi connectivity index (χ0v) is 20.1. The number of rotatable bonds is 5. The maximum absolute atomic E-state index is 12.9. The van der Waals surface area contributed by atoms with Gasteiger partial charge in [0.1, 0.15) is 0 Å². The number of aromatic nitrogens is 3. The van der Waals surface area contributed by atoms with Gasteiger partial charge in [0, 0.05) is 49.4 Å². The van der Waals surface area contributed by atoms with Crippen LogP contribution in [0.15, 0.2) is 59.5 Å².